The number of hydrogen-bond acceptors (Lipinski definition) is 2. The summed E-state index contributed by atoms with van der Waals surface area (Å²) >= 11 is 0. The molecule has 0 fully saturated rings. The van der Waals surface area contributed by atoms with Gasteiger partial charge in [-0.2, -0.15) is 0 Å². The molecule has 0 aliphatic heterocycles. The summed E-state index contributed by atoms with van der Waals surface area (Å²) in [6, 6.07) is 8.56. The zero-order chi connectivity index (χ0) is 13.8. The largest absolute Gasteiger partial charge is 0.394 e. The highest BCUT2D eigenvalue weighted by molar-refractivity contribution is 5.29. The fourth-order valence-electron chi connectivity index (χ4n) is 1.91. The van der Waals surface area contributed by atoms with Gasteiger partial charge in [0, 0.05) is 0 Å². The molecule has 0 radical (unpaired) electrons. The molecule has 0 spiro atoms. The molecule has 0 saturated carbocycles. The van der Waals surface area contributed by atoms with E-state index in [0.29, 0.717) is 11.8 Å². The highest BCUT2D eigenvalue weighted by Crippen LogP contribution is 2.23. The molecule has 2 nitrogen and oxygen atoms in total. The van der Waals surface area contributed by atoms with E-state index in [1.807, 2.05) is 0 Å². The molecular weight excluding hydrogens is 222 g/mol. The Hall–Kier alpha value is -0.860. The van der Waals surface area contributed by atoms with E-state index in [2.05, 4.69) is 64.2 Å². The van der Waals surface area contributed by atoms with Crippen LogP contribution in [0.25, 0.3) is 0 Å². The fourth-order valence-corrected chi connectivity index (χ4v) is 1.91. The van der Waals surface area contributed by atoms with E-state index in [4.69, 9.17) is 0 Å². The van der Waals surface area contributed by atoms with E-state index in [1.54, 1.807) is 0 Å². The average molecular weight is 249 g/mol. The van der Waals surface area contributed by atoms with Gasteiger partial charge in [-0.05, 0) is 36.4 Å². The lowest BCUT2D eigenvalue weighted by atomic mass is 9.90. The number of rotatable bonds is 6. The van der Waals surface area contributed by atoms with Crippen molar-refractivity contribution in [1.82, 2.24) is 5.32 Å². The van der Waals surface area contributed by atoms with Crippen LogP contribution in [0, 0.1) is 5.92 Å². The van der Waals surface area contributed by atoms with Gasteiger partial charge in [0.05, 0.1) is 12.1 Å². The van der Waals surface area contributed by atoms with E-state index >= 15 is 0 Å². The van der Waals surface area contributed by atoms with Crippen LogP contribution in [0.3, 0.4) is 0 Å². The van der Waals surface area contributed by atoms with Crippen molar-refractivity contribution in [3.63, 3.8) is 0 Å². The van der Waals surface area contributed by atoms with Gasteiger partial charge in [0.2, 0.25) is 0 Å². The van der Waals surface area contributed by atoms with Crippen LogP contribution in [0.1, 0.15) is 51.7 Å². The van der Waals surface area contributed by atoms with Crippen molar-refractivity contribution in [2.45, 2.75) is 46.1 Å². The van der Waals surface area contributed by atoms with Gasteiger partial charge in [0.15, 0.2) is 0 Å². The van der Waals surface area contributed by atoms with Gasteiger partial charge in [-0.15, -0.1) is 0 Å². The first-order valence-corrected chi connectivity index (χ1v) is 6.85. The molecule has 0 amide bonds. The molecule has 0 heterocycles. The van der Waals surface area contributed by atoms with E-state index in [9.17, 15) is 5.11 Å². The van der Waals surface area contributed by atoms with E-state index in [1.165, 1.54) is 5.56 Å². The number of benzene rings is 1. The third-order valence-electron chi connectivity index (χ3n) is 3.43. The van der Waals surface area contributed by atoms with Crippen molar-refractivity contribution in [2.24, 2.45) is 5.92 Å². The molecule has 1 atom stereocenters. The van der Waals surface area contributed by atoms with Crippen LogP contribution >= 0.6 is 0 Å². The van der Waals surface area contributed by atoms with Crippen LogP contribution in [-0.4, -0.2) is 18.3 Å². The summed E-state index contributed by atoms with van der Waals surface area (Å²) in [5.74, 6) is 1.12. The molecule has 1 aromatic carbocycles. The Morgan fingerprint density at radius 3 is 2.06 bits per heavy atom. The van der Waals surface area contributed by atoms with Crippen molar-refractivity contribution in [3.8, 4) is 0 Å². The first kappa shape index (κ1) is 15.2. The van der Waals surface area contributed by atoms with Gasteiger partial charge in [-0.3, -0.25) is 0 Å². The zero-order valence-corrected chi connectivity index (χ0v) is 12.3. The van der Waals surface area contributed by atoms with Crippen LogP contribution in [-0.2, 0) is 5.54 Å². The predicted molar refractivity (Wildman–Crippen MR) is 77.8 cm³/mol. The zero-order valence-electron chi connectivity index (χ0n) is 12.3. The Kier molecular flexibility index (Phi) is 5.36. The molecule has 1 aromatic rings. The first-order valence-electron chi connectivity index (χ1n) is 6.85. The monoisotopic (exact) mass is 249 g/mol. The van der Waals surface area contributed by atoms with E-state index in [-0.39, 0.29) is 12.1 Å². The maximum Gasteiger partial charge on any atom is 0.0652 e. The second-order valence-electron chi connectivity index (χ2n) is 6.04. The Morgan fingerprint density at radius 2 is 1.67 bits per heavy atom. The summed E-state index contributed by atoms with van der Waals surface area (Å²) in [6.07, 6.45) is 0. The lowest BCUT2D eigenvalue weighted by molar-refractivity contribution is 0.171. The molecule has 2 heteroatoms. The van der Waals surface area contributed by atoms with Crippen LogP contribution in [0.4, 0.5) is 0 Å². The molecule has 0 bridgehead atoms. The van der Waals surface area contributed by atoms with Crippen LogP contribution in [0.2, 0.25) is 0 Å². The highest BCUT2D eigenvalue weighted by atomic mass is 16.3. The maximum absolute atomic E-state index is 9.67. The maximum atomic E-state index is 9.67. The minimum atomic E-state index is -0.347. The second kappa shape index (κ2) is 6.35. The van der Waals surface area contributed by atoms with Crippen molar-refractivity contribution in [1.29, 1.82) is 0 Å². The first-order chi connectivity index (χ1) is 8.39. The van der Waals surface area contributed by atoms with Crippen LogP contribution in [0.15, 0.2) is 24.3 Å². The highest BCUT2D eigenvalue weighted by Gasteiger charge is 2.25. The van der Waals surface area contributed by atoms with Gasteiger partial charge >= 0.3 is 0 Å². The smallest absolute Gasteiger partial charge is 0.0652 e. The number of nitrogens with one attached hydrogen (secondary N) is 1. The van der Waals surface area contributed by atoms with Crippen molar-refractivity contribution < 1.29 is 5.11 Å². The van der Waals surface area contributed by atoms with Gasteiger partial charge < -0.3 is 10.4 Å². The molecular formula is C16H27NO. The topological polar surface area (TPSA) is 32.3 Å². The van der Waals surface area contributed by atoms with Crippen molar-refractivity contribution >= 4 is 0 Å². The fraction of sp³-hybridized carbons (Fsp3) is 0.625. The van der Waals surface area contributed by atoms with Crippen molar-refractivity contribution in [2.75, 3.05) is 13.2 Å². The van der Waals surface area contributed by atoms with E-state index < -0.39 is 0 Å². The molecule has 102 valence electrons. The Bertz CT molecular complexity index is 356. The molecule has 0 aliphatic carbocycles. The normalized spacial score (nSPS) is 15.1. The quantitative estimate of drug-likeness (QED) is 0.811. The Labute approximate surface area is 111 Å². The van der Waals surface area contributed by atoms with Gasteiger partial charge in [-0.25, -0.2) is 0 Å². The number of aliphatic hydroxyl groups is 1. The SMILES string of the molecule is CC(C)CNC(C)(CO)c1ccc(C(C)C)cc1. The molecule has 0 saturated heterocycles. The van der Waals surface area contributed by atoms with Gasteiger partial charge in [-0.1, -0.05) is 52.0 Å². The standard InChI is InChI=1S/C16H27NO/c1-12(2)10-17-16(5,11-18)15-8-6-14(7-9-15)13(3)4/h6-9,12-13,17-18H,10-11H2,1-5H3. The van der Waals surface area contributed by atoms with Gasteiger partial charge in [0.1, 0.15) is 0 Å². The Morgan fingerprint density at radius 1 is 1.11 bits per heavy atom. The number of hydrogen-bond donors (Lipinski definition) is 2. The predicted octanol–water partition coefficient (Wildman–Crippen LogP) is 3.26. The van der Waals surface area contributed by atoms with Crippen LogP contribution in [0.5, 0.6) is 0 Å². The summed E-state index contributed by atoms with van der Waals surface area (Å²) in [5, 5.41) is 13.1. The van der Waals surface area contributed by atoms with E-state index in [0.717, 1.165) is 12.1 Å². The summed E-state index contributed by atoms with van der Waals surface area (Å²) in [5.41, 5.74) is 2.14. The lowest BCUT2D eigenvalue weighted by Gasteiger charge is -2.30. The molecule has 0 aliphatic rings. The molecule has 18 heavy (non-hydrogen) atoms. The summed E-state index contributed by atoms with van der Waals surface area (Å²) in [6.45, 7) is 11.8. The summed E-state index contributed by atoms with van der Waals surface area (Å²) in [7, 11) is 0. The average Bonchev–Trinajstić information content (AvgIpc) is 2.36. The summed E-state index contributed by atoms with van der Waals surface area (Å²) in [4.78, 5) is 0. The molecule has 1 rings (SSSR count). The second-order valence-corrected chi connectivity index (χ2v) is 6.04. The third kappa shape index (κ3) is 3.82. The minimum Gasteiger partial charge on any atom is -0.394 e. The molecule has 0 aromatic heterocycles. The minimum absolute atomic E-state index is 0.112. The molecule has 2 N–H and O–H groups in total. The van der Waals surface area contributed by atoms with Gasteiger partial charge in [0.25, 0.3) is 0 Å². The number of aliphatic hydroxyl groups excluding tert-OH is 1. The third-order valence-corrected chi connectivity index (χ3v) is 3.43. The van der Waals surface area contributed by atoms with Crippen LogP contribution < -0.4 is 5.32 Å². The van der Waals surface area contributed by atoms with Crippen molar-refractivity contribution in [3.05, 3.63) is 35.4 Å². The Balaban J connectivity index is 2.86. The lowest BCUT2D eigenvalue weighted by Crippen LogP contribution is -2.44. The molecule has 1 unspecified atom stereocenters. The summed E-state index contributed by atoms with van der Waals surface area (Å²) < 4.78 is 0.